The van der Waals surface area contributed by atoms with Gasteiger partial charge in [0.1, 0.15) is 0 Å². The summed E-state index contributed by atoms with van der Waals surface area (Å²) in [5, 5.41) is 0. The minimum absolute atomic E-state index is 0.251. The molecule has 0 saturated heterocycles. The average Bonchev–Trinajstić information content (AvgIpc) is 2.86. The molecule has 0 atom stereocenters. The Morgan fingerprint density at radius 3 is 2.71 bits per heavy atom. The zero-order valence-corrected chi connectivity index (χ0v) is 10.7. The second-order valence-electron chi connectivity index (χ2n) is 5.03. The van der Waals surface area contributed by atoms with Crippen molar-refractivity contribution in [2.24, 2.45) is 5.73 Å². The molecule has 0 aromatic heterocycles. The number of hydrogen-bond donors (Lipinski definition) is 1. The van der Waals surface area contributed by atoms with E-state index in [-0.39, 0.29) is 5.41 Å². The summed E-state index contributed by atoms with van der Waals surface area (Å²) in [7, 11) is 0. The van der Waals surface area contributed by atoms with Gasteiger partial charge < -0.3 is 10.5 Å². The van der Waals surface area contributed by atoms with Crippen molar-refractivity contribution in [3.05, 3.63) is 35.4 Å². The Morgan fingerprint density at radius 2 is 2.06 bits per heavy atom. The van der Waals surface area contributed by atoms with E-state index in [1.54, 1.807) is 0 Å². The second kappa shape index (κ2) is 5.65. The Hall–Kier alpha value is -0.860. The minimum atomic E-state index is 0.251. The van der Waals surface area contributed by atoms with Crippen LogP contribution in [0.25, 0.3) is 0 Å². The van der Waals surface area contributed by atoms with Crippen molar-refractivity contribution >= 4 is 0 Å². The summed E-state index contributed by atoms with van der Waals surface area (Å²) in [4.78, 5) is 0. The first-order valence-electron chi connectivity index (χ1n) is 6.68. The summed E-state index contributed by atoms with van der Waals surface area (Å²) in [6.07, 6.45) is 5.14. The van der Waals surface area contributed by atoms with Crippen LogP contribution in [-0.4, -0.2) is 13.2 Å². The predicted molar refractivity (Wildman–Crippen MR) is 71.0 cm³/mol. The molecule has 1 saturated carbocycles. The molecule has 1 aromatic rings. The van der Waals surface area contributed by atoms with Crippen LogP contribution in [0, 0.1) is 0 Å². The number of hydrogen-bond acceptors (Lipinski definition) is 2. The van der Waals surface area contributed by atoms with Crippen LogP contribution in [0.4, 0.5) is 0 Å². The van der Waals surface area contributed by atoms with Gasteiger partial charge in [-0.3, -0.25) is 0 Å². The van der Waals surface area contributed by atoms with Crippen molar-refractivity contribution in [2.45, 2.75) is 44.6 Å². The van der Waals surface area contributed by atoms with Crippen LogP contribution in [0.15, 0.2) is 24.3 Å². The van der Waals surface area contributed by atoms with Gasteiger partial charge in [-0.2, -0.15) is 0 Å². The molecule has 1 aliphatic rings. The van der Waals surface area contributed by atoms with Crippen LogP contribution < -0.4 is 5.73 Å². The summed E-state index contributed by atoms with van der Waals surface area (Å²) in [6.45, 7) is 4.35. The van der Waals surface area contributed by atoms with E-state index in [0.29, 0.717) is 6.54 Å². The van der Waals surface area contributed by atoms with Gasteiger partial charge in [0.25, 0.3) is 0 Å². The highest BCUT2D eigenvalue weighted by molar-refractivity contribution is 5.31. The van der Waals surface area contributed by atoms with Crippen molar-refractivity contribution in [1.82, 2.24) is 0 Å². The quantitative estimate of drug-likeness (QED) is 0.848. The molecule has 17 heavy (non-hydrogen) atoms. The SMILES string of the molecule is CCOCC1(c2cccc(CN)c2)CCCC1. The summed E-state index contributed by atoms with van der Waals surface area (Å²) in [6, 6.07) is 8.74. The molecule has 0 spiro atoms. The predicted octanol–water partition coefficient (Wildman–Crippen LogP) is 2.99. The topological polar surface area (TPSA) is 35.2 Å². The highest BCUT2D eigenvalue weighted by Crippen LogP contribution is 2.41. The maximum absolute atomic E-state index is 5.73. The van der Waals surface area contributed by atoms with E-state index < -0.39 is 0 Å². The van der Waals surface area contributed by atoms with Crippen molar-refractivity contribution in [2.75, 3.05) is 13.2 Å². The zero-order valence-electron chi connectivity index (χ0n) is 10.7. The van der Waals surface area contributed by atoms with Gasteiger partial charge in [-0.05, 0) is 30.9 Å². The second-order valence-corrected chi connectivity index (χ2v) is 5.03. The van der Waals surface area contributed by atoms with Gasteiger partial charge in [0.2, 0.25) is 0 Å². The van der Waals surface area contributed by atoms with Gasteiger partial charge >= 0.3 is 0 Å². The van der Waals surface area contributed by atoms with Crippen molar-refractivity contribution in [3.63, 3.8) is 0 Å². The number of nitrogens with two attached hydrogens (primary N) is 1. The molecule has 2 heteroatoms. The first-order valence-corrected chi connectivity index (χ1v) is 6.68. The Balaban J connectivity index is 2.25. The molecular formula is C15H23NO. The van der Waals surface area contributed by atoms with Gasteiger partial charge in [-0.25, -0.2) is 0 Å². The van der Waals surface area contributed by atoms with Gasteiger partial charge in [-0.15, -0.1) is 0 Å². The lowest BCUT2D eigenvalue weighted by atomic mass is 9.79. The number of rotatable bonds is 5. The highest BCUT2D eigenvalue weighted by atomic mass is 16.5. The van der Waals surface area contributed by atoms with E-state index >= 15 is 0 Å². The van der Waals surface area contributed by atoms with Crippen LogP contribution >= 0.6 is 0 Å². The molecule has 0 amide bonds. The van der Waals surface area contributed by atoms with Crippen molar-refractivity contribution in [1.29, 1.82) is 0 Å². The third-order valence-electron chi connectivity index (χ3n) is 3.92. The lowest BCUT2D eigenvalue weighted by Gasteiger charge is -2.29. The maximum atomic E-state index is 5.73. The van der Waals surface area contributed by atoms with Crippen molar-refractivity contribution in [3.8, 4) is 0 Å². The average molecular weight is 233 g/mol. The molecule has 1 aliphatic carbocycles. The molecule has 0 unspecified atom stereocenters. The monoisotopic (exact) mass is 233 g/mol. The van der Waals surface area contributed by atoms with Crippen LogP contribution in [0.5, 0.6) is 0 Å². The number of ether oxygens (including phenoxy) is 1. The molecule has 0 radical (unpaired) electrons. The molecule has 0 heterocycles. The molecular weight excluding hydrogens is 210 g/mol. The lowest BCUT2D eigenvalue weighted by molar-refractivity contribution is 0.0935. The van der Waals surface area contributed by atoms with Crippen LogP contribution in [-0.2, 0) is 16.7 Å². The first-order chi connectivity index (χ1) is 8.30. The molecule has 2 rings (SSSR count). The molecule has 0 aliphatic heterocycles. The summed E-state index contributed by atoms with van der Waals surface area (Å²) < 4.78 is 5.72. The summed E-state index contributed by atoms with van der Waals surface area (Å²) in [5.41, 5.74) is 8.63. The molecule has 94 valence electrons. The van der Waals surface area contributed by atoms with Crippen molar-refractivity contribution < 1.29 is 4.74 Å². The van der Waals surface area contributed by atoms with E-state index in [4.69, 9.17) is 10.5 Å². The molecule has 2 nitrogen and oxygen atoms in total. The smallest absolute Gasteiger partial charge is 0.0562 e. The minimum Gasteiger partial charge on any atom is -0.381 e. The molecule has 1 fully saturated rings. The molecule has 2 N–H and O–H groups in total. The standard InChI is InChI=1S/C15H23NO/c1-2-17-12-15(8-3-4-9-15)14-7-5-6-13(10-14)11-16/h5-7,10H,2-4,8-9,11-12,16H2,1H3. The Labute approximate surface area is 104 Å². The highest BCUT2D eigenvalue weighted by Gasteiger charge is 2.35. The van der Waals surface area contributed by atoms with E-state index in [0.717, 1.165) is 13.2 Å². The fraction of sp³-hybridized carbons (Fsp3) is 0.600. The summed E-state index contributed by atoms with van der Waals surface area (Å²) in [5.74, 6) is 0. The number of benzene rings is 1. The Morgan fingerprint density at radius 1 is 1.29 bits per heavy atom. The molecule has 0 bridgehead atoms. The van der Waals surface area contributed by atoms with E-state index in [9.17, 15) is 0 Å². The van der Waals surface area contributed by atoms with Crippen LogP contribution in [0.2, 0.25) is 0 Å². The normalized spacial score (nSPS) is 18.5. The van der Waals surface area contributed by atoms with Gasteiger partial charge in [0, 0.05) is 18.6 Å². The third-order valence-corrected chi connectivity index (χ3v) is 3.92. The summed E-state index contributed by atoms with van der Waals surface area (Å²) >= 11 is 0. The largest absolute Gasteiger partial charge is 0.381 e. The van der Waals surface area contributed by atoms with Crippen LogP contribution in [0.1, 0.15) is 43.7 Å². The van der Waals surface area contributed by atoms with E-state index in [2.05, 4.69) is 31.2 Å². The fourth-order valence-electron chi connectivity index (χ4n) is 2.89. The van der Waals surface area contributed by atoms with E-state index in [1.165, 1.54) is 36.8 Å². The van der Waals surface area contributed by atoms with Gasteiger partial charge in [0.05, 0.1) is 6.61 Å². The maximum Gasteiger partial charge on any atom is 0.0562 e. The van der Waals surface area contributed by atoms with Gasteiger partial charge in [0.15, 0.2) is 0 Å². The first kappa shape index (κ1) is 12.6. The third kappa shape index (κ3) is 2.70. The molecule has 1 aromatic carbocycles. The lowest BCUT2D eigenvalue weighted by Crippen LogP contribution is -2.28. The Kier molecular flexibility index (Phi) is 4.19. The zero-order chi connectivity index (χ0) is 12.1. The van der Waals surface area contributed by atoms with Crippen LogP contribution in [0.3, 0.4) is 0 Å². The fourth-order valence-corrected chi connectivity index (χ4v) is 2.89. The van der Waals surface area contributed by atoms with Gasteiger partial charge in [-0.1, -0.05) is 37.1 Å². The Bertz CT molecular complexity index is 356. The van der Waals surface area contributed by atoms with E-state index in [1.807, 2.05) is 0 Å².